The van der Waals surface area contributed by atoms with E-state index in [0.29, 0.717) is 21.9 Å². The lowest BCUT2D eigenvalue weighted by atomic mass is 9.95. The molecule has 0 aliphatic carbocycles. The zero-order valence-corrected chi connectivity index (χ0v) is 19.6. The second-order valence-electron chi connectivity index (χ2n) is 7.61. The van der Waals surface area contributed by atoms with E-state index < -0.39 is 17.7 Å². The number of hydrogen-bond donors (Lipinski definition) is 1. The fraction of sp³-hybridized carbons (Fsp3) is 0.231. The Balaban J connectivity index is 1.80. The highest BCUT2D eigenvalue weighted by Gasteiger charge is 2.44. The fourth-order valence-corrected chi connectivity index (χ4v) is 4.84. The van der Waals surface area contributed by atoms with Gasteiger partial charge in [-0.25, -0.2) is 0 Å². The van der Waals surface area contributed by atoms with Crippen LogP contribution in [0.4, 0.5) is 11.4 Å². The van der Waals surface area contributed by atoms with E-state index in [0.717, 1.165) is 18.8 Å². The van der Waals surface area contributed by atoms with Crippen molar-refractivity contribution in [3.05, 3.63) is 87.8 Å². The summed E-state index contributed by atoms with van der Waals surface area (Å²) >= 11 is 1.28. The fourth-order valence-electron chi connectivity index (χ4n) is 4.16. The van der Waals surface area contributed by atoms with Gasteiger partial charge in [-0.2, -0.15) is 0 Å². The Morgan fingerprint density at radius 2 is 1.73 bits per heavy atom. The molecule has 0 saturated heterocycles. The molecule has 1 aliphatic heterocycles. The minimum Gasteiger partial charge on any atom is -0.503 e. The molecule has 0 fully saturated rings. The van der Waals surface area contributed by atoms with Crippen molar-refractivity contribution in [2.45, 2.75) is 19.9 Å². The lowest BCUT2D eigenvalue weighted by Gasteiger charge is -2.28. The predicted octanol–water partition coefficient (Wildman–Crippen LogP) is 5.39. The quantitative estimate of drug-likeness (QED) is 0.455. The zero-order chi connectivity index (χ0) is 23.5. The molecule has 7 heteroatoms. The molecule has 1 aromatic heterocycles. The molecule has 2 aromatic carbocycles. The first-order chi connectivity index (χ1) is 16.0. The first-order valence-corrected chi connectivity index (χ1v) is 11.7. The maximum Gasteiger partial charge on any atom is 0.294 e. The van der Waals surface area contributed by atoms with Gasteiger partial charge in [0, 0.05) is 24.5 Å². The summed E-state index contributed by atoms with van der Waals surface area (Å²) in [7, 11) is 1.58. The summed E-state index contributed by atoms with van der Waals surface area (Å²) < 4.78 is 5.26. The Bertz CT molecular complexity index is 1160. The van der Waals surface area contributed by atoms with Gasteiger partial charge in [0.25, 0.3) is 5.91 Å². The highest BCUT2D eigenvalue weighted by atomic mass is 32.1. The molecular weight excluding hydrogens is 436 g/mol. The number of amides is 1. The molecule has 3 aromatic rings. The molecule has 0 radical (unpaired) electrons. The molecule has 33 heavy (non-hydrogen) atoms. The van der Waals surface area contributed by atoms with Crippen LogP contribution in [0.15, 0.2) is 77.4 Å². The number of thiophene rings is 1. The average molecular weight is 463 g/mol. The van der Waals surface area contributed by atoms with Crippen molar-refractivity contribution in [2.24, 2.45) is 0 Å². The van der Waals surface area contributed by atoms with Crippen LogP contribution >= 0.6 is 11.3 Å². The summed E-state index contributed by atoms with van der Waals surface area (Å²) in [4.78, 5) is 30.8. The normalized spacial score (nSPS) is 15.8. The van der Waals surface area contributed by atoms with Crippen LogP contribution in [0.3, 0.4) is 0 Å². The van der Waals surface area contributed by atoms with Crippen molar-refractivity contribution in [1.82, 2.24) is 0 Å². The standard InChI is InChI=1S/C26H26N2O4S/c1-4-27(5-2)18-10-12-19(13-11-18)28-23(17-8-14-20(32-3)15-9-17)22(25(30)26(28)31)24(29)21-7-6-16-33-21/h6-16,23,30H,4-5H2,1-3H3. The number of ketones is 1. The lowest BCUT2D eigenvalue weighted by molar-refractivity contribution is -0.117. The molecule has 1 unspecified atom stereocenters. The van der Waals surface area contributed by atoms with Crippen molar-refractivity contribution in [2.75, 3.05) is 30.0 Å². The maximum atomic E-state index is 13.4. The van der Waals surface area contributed by atoms with Gasteiger partial charge in [-0.3, -0.25) is 14.5 Å². The highest BCUT2D eigenvalue weighted by molar-refractivity contribution is 7.12. The Morgan fingerprint density at radius 1 is 1.06 bits per heavy atom. The summed E-state index contributed by atoms with van der Waals surface area (Å²) in [6.45, 7) is 5.92. The summed E-state index contributed by atoms with van der Waals surface area (Å²) in [5.41, 5.74) is 2.45. The van der Waals surface area contributed by atoms with Gasteiger partial charge >= 0.3 is 0 Å². The van der Waals surface area contributed by atoms with Crippen LogP contribution in [0.1, 0.15) is 35.1 Å². The van der Waals surface area contributed by atoms with Gasteiger partial charge in [0.15, 0.2) is 5.76 Å². The largest absolute Gasteiger partial charge is 0.503 e. The van der Waals surface area contributed by atoms with Gasteiger partial charge in [0.2, 0.25) is 5.78 Å². The smallest absolute Gasteiger partial charge is 0.294 e. The number of benzene rings is 2. The van der Waals surface area contributed by atoms with E-state index in [2.05, 4.69) is 18.7 Å². The summed E-state index contributed by atoms with van der Waals surface area (Å²) in [5.74, 6) is -0.787. The molecule has 0 spiro atoms. The molecule has 1 atom stereocenters. The number of hydrogen-bond acceptors (Lipinski definition) is 6. The number of carbonyl (C=O) groups is 2. The first-order valence-electron chi connectivity index (χ1n) is 10.8. The number of methoxy groups -OCH3 is 1. The lowest BCUT2D eigenvalue weighted by Crippen LogP contribution is -2.31. The zero-order valence-electron chi connectivity index (χ0n) is 18.8. The number of nitrogens with zero attached hydrogens (tertiary/aromatic N) is 2. The van der Waals surface area contributed by atoms with Gasteiger partial charge in [0.1, 0.15) is 5.75 Å². The van der Waals surface area contributed by atoms with E-state index in [-0.39, 0.29) is 11.4 Å². The Hall–Kier alpha value is -3.58. The van der Waals surface area contributed by atoms with Gasteiger partial charge in [-0.15, -0.1) is 11.3 Å². The van der Waals surface area contributed by atoms with Gasteiger partial charge < -0.3 is 14.7 Å². The number of ether oxygens (including phenoxy) is 1. The van der Waals surface area contributed by atoms with Crippen LogP contribution in [0.5, 0.6) is 5.75 Å². The Kier molecular flexibility index (Phi) is 6.51. The van der Waals surface area contributed by atoms with Crippen LogP contribution in [0.2, 0.25) is 0 Å². The van der Waals surface area contributed by atoms with E-state index in [1.807, 2.05) is 36.4 Å². The van der Waals surface area contributed by atoms with E-state index >= 15 is 0 Å². The third-order valence-corrected chi connectivity index (χ3v) is 6.75. The van der Waals surface area contributed by atoms with Gasteiger partial charge in [-0.05, 0) is 67.3 Å². The van der Waals surface area contributed by atoms with Crippen LogP contribution in [0, 0.1) is 0 Å². The van der Waals surface area contributed by atoms with Gasteiger partial charge in [0.05, 0.1) is 23.6 Å². The molecule has 1 amide bonds. The highest BCUT2D eigenvalue weighted by Crippen LogP contribution is 2.43. The van der Waals surface area contributed by atoms with E-state index in [9.17, 15) is 14.7 Å². The van der Waals surface area contributed by atoms with Crippen LogP contribution in [0.25, 0.3) is 0 Å². The van der Waals surface area contributed by atoms with Crippen LogP contribution in [-0.2, 0) is 4.79 Å². The monoisotopic (exact) mass is 462 g/mol. The SMILES string of the molecule is CCN(CC)c1ccc(N2C(=O)C(O)=C(C(=O)c3cccs3)C2c2ccc(OC)cc2)cc1. The molecule has 0 saturated carbocycles. The molecule has 0 bridgehead atoms. The van der Waals surface area contributed by atoms with Crippen molar-refractivity contribution in [3.63, 3.8) is 0 Å². The van der Waals surface area contributed by atoms with Crippen molar-refractivity contribution in [3.8, 4) is 5.75 Å². The topological polar surface area (TPSA) is 70.1 Å². The third kappa shape index (κ3) is 4.12. The number of rotatable bonds is 8. The molecule has 4 rings (SSSR count). The number of carbonyl (C=O) groups excluding carboxylic acids is 2. The average Bonchev–Trinajstić information content (AvgIpc) is 3.48. The van der Waals surface area contributed by atoms with E-state index in [4.69, 9.17) is 4.74 Å². The third-order valence-electron chi connectivity index (χ3n) is 5.89. The van der Waals surface area contributed by atoms with Crippen molar-refractivity contribution < 1.29 is 19.4 Å². The van der Waals surface area contributed by atoms with Crippen LogP contribution < -0.4 is 14.5 Å². The van der Waals surface area contributed by atoms with E-state index in [1.54, 1.807) is 36.8 Å². The molecule has 6 nitrogen and oxygen atoms in total. The summed E-state index contributed by atoms with van der Waals surface area (Å²) in [5, 5.41) is 12.6. The maximum absolute atomic E-state index is 13.4. The number of Topliss-reactive ketones (excluding diaryl/α,β-unsaturated/α-hetero) is 1. The number of aliphatic hydroxyl groups is 1. The number of anilines is 2. The van der Waals surface area contributed by atoms with Crippen molar-refractivity contribution in [1.29, 1.82) is 0 Å². The summed E-state index contributed by atoms with van der Waals surface area (Å²) in [6.07, 6.45) is 0. The van der Waals surface area contributed by atoms with Crippen LogP contribution in [-0.4, -0.2) is 37.0 Å². The molecule has 2 heterocycles. The minimum atomic E-state index is -0.752. The second kappa shape index (κ2) is 9.50. The molecule has 170 valence electrons. The Labute approximate surface area is 197 Å². The second-order valence-corrected chi connectivity index (χ2v) is 8.56. The Morgan fingerprint density at radius 3 is 2.27 bits per heavy atom. The first kappa shape index (κ1) is 22.6. The molecule has 1 aliphatic rings. The number of aliphatic hydroxyl groups excluding tert-OH is 1. The summed E-state index contributed by atoms with van der Waals surface area (Å²) in [6, 6.07) is 17.5. The molecular formula is C26H26N2O4S. The van der Waals surface area contributed by atoms with Crippen molar-refractivity contribution >= 4 is 34.4 Å². The minimum absolute atomic E-state index is 0.0837. The molecule has 1 N–H and O–H groups in total. The predicted molar refractivity (Wildman–Crippen MR) is 132 cm³/mol. The van der Waals surface area contributed by atoms with E-state index in [1.165, 1.54) is 16.2 Å². The van der Waals surface area contributed by atoms with Gasteiger partial charge in [-0.1, -0.05) is 18.2 Å².